The number of nitrogens with one attached hydrogen (secondary N) is 1. The molecule has 1 aliphatic rings. The normalized spacial score (nSPS) is 18.2. The van der Waals surface area contributed by atoms with Gasteiger partial charge in [0.05, 0.1) is 18.6 Å². The molecule has 8 nitrogen and oxygen atoms in total. The molecule has 3 aromatic rings. The van der Waals surface area contributed by atoms with Crippen molar-refractivity contribution in [2.75, 3.05) is 23.9 Å². The smallest absolute Gasteiger partial charge is 0.277 e. The molecule has 1 aliphatic heterocycles. The van der Waals surface area contributed by atoms with Crippen molar-refractivity contribution in [1.29, 1.82) is 0 Å². The molecule has 168 valence electrons. The van der Waals surface area contributed by atoms with Gasteiger partial charge in [-0.05, 0) is 41.8 Å². The number of anilines is 1. The maximum absolute atomic E-state index is 13.1. The maximum Gasteiger partial charge on any atom is 0.277 e. The fourth-order valence-electron chi connectivity index (χ4n) is 3.56. The first-order valence-corrected chi connectivity index (χ1v) is 12.8. The Kier molecular flexibility index (Phi) is 6.80. The fourth-order valence-corrected chi connectivity index (χ4v) is 6.31. The molecule has 0 saturated carbocycles. The zero-order valence-electron chi connectivity index (χ0n) is 17.4. The third-order valence-corrected chi connectivity index (χ3v) is 8.06. The maximum atomic E-state index is 13.1. The SMILES string of the molecule is COc1cccc(NC(=O)[C@@H](Sc2nnc(C[C@@H]3CCS(=O)(=O)C3)o2)c2ccccc2)c1. The standard InChI is InChI=1S/C22H23N3O5S2/c1-29-18-9-5-8-17(13-18)23-21(26)20(16-6-3-2-4-7-16)31-22-25-24-19(30-22)12-15-10-11-32(27,28)14-15/h2-9,13,15,20H,10-12,14H2,1H3,(H,23,26)/t15-,20-/m0/s1. The van der Waals surface area contributed by atoms with E-state index in [1.54, 1.807) is 31.4 Å². The highest BCUT2D eigenvalue weighted by molar-refractivity contribution is 8.00. The highest BCUT2D eigenvalue weighted by atomic mass is 32.2. The van der Waals surface area contributed by atoms with Crippen LogP contribution in [0.3, 0.4) is 0 Å². The molecule has 2 atom stereocenters. The number of hydrogen-bond acceptors (Lipinski definition) is 8. The quantitative estimate of drug-likeness (QED) is 0.495. The van der Waals surface area contributed by atoms with Crippen LogP contribution in [0.1, 0.15) is 23.1 Å². The molecular formula is C22H23N3O5S2. The van der Waals surface area contributed by atoms with Crippen LogP contribution in [0, 0.1) is 5.92 Å². The molecule has 0 aliphatic carbocycles. The molecule has 1 saturated heterocycles. The minimum absolute atomic E-state index is 0.0143. The summed E-state index contributed by atoms with van der Waals surface area (Å²) in [5, 5.41) is 10.7. The molecule has 0 spiro atoms. The van der Waals surface area contributed by atoms with Crippen LogP contribution in [-0.4, -0.2) is 43.1 Å². The zero-order chi connectivity index (χ0) is 22.6. The van der Waals surface area contributed by atoms with Crippen LogP contribution in [0.25, 0.3) is 0 Å². The highest BCUT2D eigenvalue weighted by Crippen LogP contribution is 2.36. The lowest BCUT2D eigenvalue weighted by Crippen LogP contribution is -2.19. The molecule has 32 heavy (non-hydrogen) atoms. The van der Waals surface area contributed by atoms with Gasteiger partial charge in [0.2, 0.25) is 11.8 Å². The summed E-state index contributed by atoms with van der Waals surface area (Å²) in [7, 11) is -1.40. The summed E-state index contributed by atoms with van der Waals surface area (Å²) in [6.07, 6.45) is 1.02. The third-order valence-electron chi connectivity index (χ3n) is 5.13. The van der Waals surface area contributed by atoms with Crippen LogP contribution in [0.5, 0.6) is 5.75 Å². The van der Waals surface area contributed by atoms with E-state index >= 15 is 0 Å². The number of ether oxygens (including phenoxy) is 1. The van der Waals surface area contributed by atoms with Crippen LogP contribution < -0.4 is 10.1 Å². The van der Waals surface area contributed by atoms with Gasteiger partial charge in [0.1, 0.15) is 11.0 Å². The summed E-state index contributed by atoms with van der Waals surface area (Å²) in [5.74, 6) is 1.12. The van der Waals surface area contributed by atoms with Crippen LogP contribution in [-0.2, 0) is 21.1 Å². The van der Waals surface area contributed by atoms with Crippen molar-refractivity contribution in [2.24, 2.45) is 5.92 Å². The number of methoxy groups -OCH3 is 1. The van der Waals surface area contributed by atoms with E-state index in [0.29, 0.717) is 30.2 Å². The second-order valence-electron chi connectivity index (χ2n) is 7.56. The number of nitrogens with zero attached hydrogens (tertiary/aromatic N) is 2. The lowest BCUT2D eigenvalue weighted by atomic mass is 10.1. The molecule has 10 heteroatoms. The first kappa shape index (κ1) is 22.3. The van der Waals surface area contributed by atoms with Crippen molar-refractivity contribution in [1.82, 2.24) is 10.2 Å². The molecule has 0 radical (unpaired) electrons. The second kappa shape index (κ2) is 9.74. The average molecular weight is 474 g/mol. The number of carbonyl (C=O) groups excluding carboxylic acids is 1. The van der Waals surface area contributed by atoms with Gasteiger partial charge in [0.25, 0.3) is 5.22 Å². The van der Waals surface area contributed by atoms with Gasteiger partial charge in [-0.25, -0.2) is 8.42 Å². The Labute approximate surface area is 190 Å². The predicted octanol–water partition coefficient (Wildman–Crippen LogP) is 3.53. The Hall–Kier alpha value is -2.85. The Balaban J connectivity index is 1.49. The van der Waals surface area contributed by atoms with E-state index in [4.69, 9.17) is 9.15 Å². The lowest BCUT2D eigenvalue weighted by molar-refractivity contribution is -0.115. The average Bonchev–Trinajstić information content (AvgIpc) is 3.37. The van der Waals surface area contributed by atoms with E-state index in [1.807, 2.05) is 30.3 Å². The first-order chi connectivity index (χ1) is 15.4. The molecule has 1 N–H and O–H groups in total. The van der Waals surface area contributed by atoms with Gasteiger partial charge in [-0.2, -0.15) is 0 Å². The van der Waals surface area contributed by atoms with Gasteiger partial charge >= 0.3 is 0 Å². The largest absolute Gasteiger partial charge is 0.497 e. The third kappa shape index (κ3) is 5.68. The second-order valence-corrected chi connectivity index (χ2v) is 10.8. The Morgan fingerprint density at radius 2 is 2.03 bits per heavy atom. The first-order valence-electron chi connectivity index (χ1n) is 10.1. The van der Waals surface area contributed by atoms with Crippen molar-refractivity contribution < 1.29 is 22.4 Å². The van der Waals surface area contributed by atoms with Gasteiger partial charge in [-0.15, -0.1) is 10.2 Å². The minimum Gasteiger partial charge on any atom is -0.497 e. The van der Waals surface area contributed by atoms with Gasteiger partial charge in [0.15, 0.2) is 9.84 Å². The number of rotatable bonds is 8. The number of carbonyl (C=O) groups is 1. The number of benzene rings is 2. The lowest BCUT2D eigenvalue weighted by Gasteiger charge is -2.15. The molecule has 0 unspecified atom stereocenters. The fraction of sp³-hybridized carbons (Fsp3) is 0.318. The Morgan fingerprint density at radius 3 is 2.75 bits per heavy atom. The van der Waals surface area contributed by atoms with Gasteiger partial charge in [-0.1, -0.05) is 36.4 Å². The predicted molar refractivity (Wildman–Crippen MR) is 121 cm³/mol. The van der Waals surface area contributed by atoms with Gasteiger partial charge in [0, 0.05) is 18.2 Å². The molecule has 4 rings (SSSR count). The number of aromatic nitrogens is 2. The van der Waals surface area contributed by atoms with Crippen LogP contribution >= 0.6 is 11.8 Å². The molecule has 2 heterocycles. The monoisotopic (exact) mass is 473 g/mol. The van der Waals surface area contributed by atoms with E-state index in [9.17, 15) is 13.2 Å². The summed E-state index contributed by atoms with van der Waals surface area (Å²) in [6, 6.07) is 16.5. The summed E-state index contributed by atoms with van der Waals surface area (Å²) >= 11 is 1.16. The number of amides is 1. The summed E-state index contributed by atoms with van der Waals surface area (Å²) in [4.78, 5) is 13.1. The molecule has 2 aromatic carbocycles. The molecule has 1 aromatic heterocycles. The van der Waals surface area contributed by atoms with E-state index < -0.39 is 15.1 Å². The minimum atomic E-state index is -2.97. The van der Waals surface area contributed by atoms with E-state index in [-0.39, 0.29) is 28.6 Å². The molecule has 1 fully saturated rings. The van der Waals surface area contributed by atoms with Crippen LogP contribution in [0.2, 0.25) is 0 Å². The van der Waals surface area contributed by atoms with Crippen LogP contribution in [0.4, 0.5) is 5.69 Å². The molecule has 1 amide bonds. The van der Waals surface area contributed by atoms with E-state index in [1.165, 1.54) is 0 Å². The number of hydrogen-bond donors (Lipinski definition) is 1. The van der Waals surface area contributed by atoms with Crippen molar-refractivity contribution in [3.63, 3.8) is 0 Å². The van der Waals surface area contributed by atoms with Crippen molar-refractivity contribution in [3.8, 4) is 5.75 Å². The van der Waals surface area contributed by atoms with Crippen molar-refractivity contribution in [3.05, 3.63) is 66.1 Å². The Morgan fingerprint density at radius 1 is 1.22 bits per heavy atom. The highest BCUT2D eigenvalue weighted by Gasteiger charge is 2.30. The Bertz CT molecular complexity index is 1180. The number of sulfone groups is 1. The summed E-state index contributed by atoms with van der Waals surface area (Å²) < 4.78 is 34.3. The van der Waals surface area contributed by atoms with Gasteiger partial charge < -0.3 is 14.5 Å². The topological polar surface area (TPSA) is 111 Å². The summed E-state index contributed by atoms with van der Waals surface area (Å²) in [5.41, 5.74) is 1.41. The van der Waals surface area contributed by atoms with Crippen LogP contribution in [0.15, 0.2) is 64.2 Å². The van der Waals surface area contributed by atoms with Crippen molar-refractivity contribution >= 4 is 33.2 Å². The van der Waals surface area contributed by atoms with Gasteiger partial charge in [-0.3, -0.25) is 4.79 Å². The zero-order valence-corrected chi connectivity index (χ0v) is 19.1. The van der Waals surface area contributed by atoms with E-state index in [2.05, 4.69) is 15.5 Å². The number of thioether (sulfide) groups is 1. The van der Waals surface area contributed by atoms with E-state index in [0.717, 1.165) is 17.3 Å². The van der Waals surface area contributed by atoms with Crippen molar-refractivity contribution in [2.45, 2.75) is 23.3 Å². The summed E-state index contributed by atoms with van der Waals surface area (Å²) in [6.45, 7) is 0. The molecular weight excluding hydrogens is 450 g/mol. The molecule has 0 bridgehead atoms.